The third-order valence-electron chi connectivity index (χ3n) is 4.84. The SMILES string of the molecule is c1ccc(C2(c3noc(CNCC4CC4)n3)CCC2)cc1. The summed E-state index contributed by atoms with van der Waals surface area (Å²) in [4.78, 5) is 4.66. The number of hydrogen-bond acceptors (Lipinski definition) is 4. The summed E-state index contributed by atoms with van der Waals surface area (Å²) in [7, 11) is 0. The highest BCUT2D eigenvalue weighted by Crippen LogP contribution is 2.47. The Hall–Kier alpha value is -1.68. The molecule has 0 amide bonds. The van der Waals surface area contributed by atoms with Crippen molar-refractivity contribution in [2.75, 3.05) is 6.54 Å². The lowest BCUT2D eigenvalue weighted by Crippen LogP contribution is -2.36. The van der Waals surface area contributed by atoms with Gasteiger partial charge < -0.3 is 9.84 Å². The van der Waals surface area contributed by atoms with E-state index in [-0.39, 0.29) is 5.41 Å². The molecule has 1 aromatic heterocycles. The first-order valence-electron chi connectivity index (χ1n) is 7.96. The zero-order chi connectivity index (χ0) is 14.1. The molecule has 2 saturated carbocycles. The van der Waals surface area contributed by atoms with Crippen molar-refractivity contribution in [1.82, 2.24) is 15.5 Å². The lowest BCUT2D eigenvalue weighted by atomic mass is 9.64. The van der Waals surface area contributed by atoms with Crippen LogP contribution in [0, 0.1) is 5.92 Å². The number of nitrogens with one attached hydrogen (secondary N) is 1. The van der Waals surface area contributed by atoms with E-state index in [1.807, 2.05) is 0 Å². The van der Waals surface area contributed by atoms with Crippen LogP contribution in [-0.2, 0) is 12.0 Å². The van der Waals surface area contributed by atoms with Crippen LogP contribution >= 0.6 is 0 Å². The molecule has 2 aliphatic carbocycles. The first kappa shape index (κ1) is 13.0. The van der Waals surface area contributed by atoms with Gasteiger partial charge in [0.2, 0.25) is 5.89 Å². The van der Waals surface area contributed by atoms with E-state index in [2.05, 4.69) is 45.8 Å². The van der Waals surface area contributed by atoms with Gasteiger partial charge in [0.05, 0.1) is 12.0 Å². The monoisotopic (exact) mass is 283 g/mol. The molecule has 1 aromatic carbocycles. The molecule has 110 valence electrons. The lowest BCUT2D eigenvalue weighted by molar-refractivity contribution is 0.270. The van der Waals surface area contributed by atoms with Crippen molar-refractivity contribution in [2.24, 2.45) is 5.92 Å². The second-order valence-corrected chi connectivity index (χ2v) is 6.39. The molecule has 4 nitrogen and oxygen atoms in total. The summed E-state index contributed by atoms with van der Waals surface area (Å²) in [6.45, 7) is 1.76. The molecule has 2 fully saturated rings. The fourth-order valence-electron chi connectivity index (χ4n) is 3.16. The predicted molar refractivity (Wildman–Crippen MR) is 79.8 cm³/mol. The van der Waals surface area contributed by atoms with Crippen molar-refractivity contribution in [1.29, 1.82) is 0 Å². The Labute approximate surface area is 124 Å². The number of aromatic nitrogens is 2. The molecule has 0 saturated heterocycles. The maximum absolute atomic E-state index is 5.45. The molecular formula is C17H21N3O. The Morgan fingerprint density at radius 3 is 2.67 bits per heavy atom. The van der Waals surface area contributed by atoms with Gasteiger partial charge in [0.15, 0.2) is 5.82 Å². The van der Waals surface area contributed by atoms with Gasteiger partial charge in [-0.3, -0.25) is 0 Å². The predicted octanol–water partition coefficient (Wildman–Crippen LogP) is 3.04. The van der Waals surface area contributed by atoms with Crippen LogP contribution < -0.4 is 5.32 Å². The average molecular weight is 283 g/mol. The standard InChI is InChI=1S/C17H21N3O/c1-2-5-14(6-3-1)17(9-4-10-17)16-19-15(21-20-16)12-18-11-13-7-8-13/h1-3,5-6,13,18H,4,7-12H2. The van der Waals surface area contributed by atoms with Gasteiger partial charge in [0.25, 0.3) is 0 Å². The molecule has 0 radical (unpaired) electrons. The summed E-state index contributed by atoms with van der Waals surface area (Å²) in [6.07, 6.45) is 6.19. The van der Waals surface area contributed by atoms with Gasteiger partial charge in [-0.2, -0.15) is 4.98 Å². The second kappa shape index (κ2) is 5.26. The van der Waals surface area contributed by atoms with Crippen LogP contribution in [0.4, 0.5) is 0 Å². The van der Waals surface area contributed by atoms with E-state index in [1.54, 1.807) is 0 Å². The van der Waals surface area contributed by atoms with Gasteiger partial charge >= 0.3 is 0 Å². The van der Waals surface area contributed by atoms with Crippen molar-refractivity contribution in [3.05, 3.63) is 47.6 Å². The zero-order valence-corrected chi connectivity index (χ0v) is 12.2. The molecule has 1 heterocycles. The smallest absolute Gasteiger partial charge is 0.240 e. The molecule has 4 heteroatoms. The lowest BCUT2D eigenvalue weighted by Gasteiger charge is -2.39. The molecule has 2 aliphatic rings. The van der Waals surface area contributed by atoms with Crippen LogP contribution in [0.1, 0.15) is 49.4 Å². The zero-order valence-electron chi connectivity index (χ0n) is 12.2. The third kappa shape index (κ3) is 2.48. The van der Waals surface area contributed by atoms with Crippen LogP contribution in [0.15, 0.2) is 34.9 Å². The maximum atomic E-state index is 5.45. The number of rotatable bonds is 6. The van der Waals surface area contributed by atoms with Gasteiger partial charge in [-0.25, -0.2) is 0 Å². The van der Waals surface area contributed by atoms with E-state index in [0.717, 1.165) is 31.1 Å². The van der Waals surface area contributed by atoms with Gasteiger partial charge in [0, 0.05) is 0 Å². The van der Waals surface area contributed by atoms with E-state index in [9.17, 15) is 0 Å². The average Bonchev–Trinajstić information content (AvgIpc) is 3.17. The van der Waals surface area contributed by atoms with Crippen LogP contribution in [0.5, 0.6) is 0 Å². The van der Waals surface area contributed by atoms with E-state index in [1.165, 1.54) is 24.8 Å². The topological polar surface area (TPSA) is 51.0 Å². The molecule has 0 atom stereocenters. The van der Waals surface area contributed by atoms with Crippen molar-refractivity contribution in [3.8, 4) is 0 Å². The largest absolute Gasteiger partial charge is 0.338 e. The number of benzene rings is 1. The molecule has 0 bridgehead atoms. The van der Waals surface area contributed by atoms with Crippen LogP contribution in [0.2, 0.25) is 0 Å². The highest BCUT2D eigenvalue weighted by molar-refractivity contribution is 5.35. The fraction of sp³-hybridized carbons (Fsp3) is 0.529. The molecule has 1 N–H and O–H groups in total. The highest BCUT2D eigenvalue weighted by atomic mass is 16.5. The van der Waals surface area contributed by atoms with Crippen LogP contribution in [0.3, 0.4) is 0 Å². The summed E-state index contributed by atoms with van der Waals surface area (Å²) in [5.74, 6) is 2.45. The minimum atomic E-state index is -0.0144. The molecule has 2 aromatic rings. The van der Waals surface area contributed by atoms with Crippen LogP contribution in [0.25, 0.3) is 0 Å². The number of hydrogen-bond donors (Lipinski definition) is 1. The third-order valence-corrected chi connectivity index (χ3v) is 4.84. The van der Waals surface area contributed by atoms with Gasteiger partial charge in [-0.1, -0.05) is 41.9 Å². The van der Waals surface area contributed by atoms with Gasteiger partial charge in [0.1, 0.15) is 0 Å². The van der Waals surface area contributed by atoms with Crippen molar-refractivity contribution >= 4 is 0 Å². The molecule has 0 unspecified atom stereocenters. The molecule has 0 spiro atoms. The minimum absolute atomic E-state index is 0.0144. The molecule has 4 rings (SSSR count). The van der Waals surface area contributed by atoms with Crippen molar-refractivity contribution < 1.29 is 4.52 Å². The molecule has 21 heavy (non-hydrogen) atoms. The first-order chi connectivity index (χ1) is 10.4. The second-order valence-electron chi connectivity index (χ2n) is 6.39. The summed E-state index contributed by atoms with van der Waals surface area (Å²) in [6, 6.07) is 10.6. The summed E-state index contributed by atoms with van der Waals surface area (Å²) in [5, 5.41) is 7.68. The van der Waals surface area contributed by atoms with E-state index < -0.39 is 0 Å². The van der Waals surface area contributed by atoms with E-state index in [4.69, 9.17) is 4.52 Å². The summed E-state index contributed by atoms with van der Waals surface area (Å²) in [5.41, 5.74) is 1.30. The normalized spacial score (nSPS) is 20.2. The Bertz CT molecular complexity index is 600. The quantitative estimate of drug-likeness (QED) is 0.885. The number of nitrogens with zero attached hydrogens (tertiary/aromatic N) is 2. The summed E-state index contributed by atoms with van der Waals surface area (Å²) >= 11 is 0. The molecule has 0 aliphatic heterocycles. The Kier molecular flexibility index (Phi) is 3.26. The van der Waals surface area contributed by atoms with E-state index >= 15 is 0 Å². The van der Waals surface area contributed by atoms with Crippen molar-refractivity contribution in [2.45, 2.75) is 44.1 Å². The van der Waals surface area contributed by atoms with Crippen LogP contribution in [-0.4, -0.2) is 16.7 Å². The summed E-state index contributed by atoms with van der Waals surface area (Å²) < 4.78 is 5.45. The Balaban J connectivity index is 1.50. The fourth-order valence-corrected chi connectivity index (χ4v) is 3.16. The minimum Gasteiger partial charge on any atom is -0.338 e. The Morgan fingerprint density at radius 1 is 1.19 bits per heavy atom. The van der Waals surface area contributed by atoms with Crippen molar-refractivity contribution in [3.63, 3.8) is 0 Å². The highest BCUT2D eigenvalue weighted by Gasteiger charge is 2.44. The Morgan fingerprint density at radius 2 is 2.00 bits per heavy atom. The van der Waals surface area contributed by atoms with Gasteiger partial charge in [-0.15, -0.1) is 0 Å². The maximum Gasteiger partial charge on any atom is 0.240 e. The molecular weight excluding hydrogens is 262 g/mol. The van der Waals surface area contributed by atoms with Gasteiger partial charge in [-0.05, 0) is 43.7 Å². The van der Waals surface area contributed by atoms with E-state index in [0.29, 0.717) is 12.4 Å². The first-order valence-corrected chi connectivity index (χ1v) is 7.96.